The van der Waals surface area contributed by atoms with Gasteiger partial charge in [0.2, 0.25) is 0 Å². The summed E-state index contributed by atoms with van der Waals surface area (Å²) in [6, 6.07) is 12.2. The van der Waals surface area contributed by atoms with E-state index in [4.69, 9.17) is 5.26 Å². The summed E-state index contributed by atoms with van der Waals surface area (Å²) in [6.07, 6.45) is 8.19. The molecule has 0 radical (unpaired) electrons. The van der Waals surface area contributed by atoms with Crippen molar-refractivity contribution < 1.29 is 0 Å². The molecule has 1 fully saturated rings. The molecule has 0 saturated heterocycles. The molecule has 0 amide bonds. The van der Waals surface area contributed by atoms with Crippen LogP contribution in [-0.4, -0.2) is 24.6 Å². The summed E-state index contributed by atoms with van der Waals surface area (Å²) in [4.78, 5) is 7.55. The first-order chi connectivity index (χ1) is 12.8. The first kappa shape index (κ1) is 15.1. The van der Waals surface area contributed by atoms with Crippen LogP contribution in [0.25, 0.3) is 16.8 Å². The molecule has 26 heavy (non-hydrogen) atoms. The topological polar surface area (TPSA) is 82.7 Å². The highest BCUT2D eigenvalue weighted by Crippen LogP contribution is 2.39. The van der Waals surface area contributed by atoms with Crippen LogP contribution in [0.3, 0.4) is 0 Å². The molecule has 3 aromatic heterocycles. The Morgan fingerprint density at radius 2 is 2.04 bits per heavy atom. The molecule has 0 aliphatic heterocycles. The van der Waals surface area contributed by atoms with Gasteiger partial charge in [0.25, 0.3) is 0 Å². The molecular weight excluding hydrogens is 324 g/mol. The highest BCUT2D eigenvalue weighted by atomic mass is 15.3. The molecule has 1 aliphatic carbocycles. The number of aromatic amines is 1. The molecular formula is C20H18N6. The maximum Gasteiger partial charge on any atom is 0.179 e. The van der Waals surface area contributed by atoms with Crippen LogP contribution in [0.15, 0.2) is 42.7 Å². The number of rotatable bonds is 3. The normalized spacial score (nSPS) is 20.0. The zero-order valence-electron chi connectivity index (χ0n) is 14.3. The fourth-order valence-corrected chi connectivity index (χ4v) is 4.21. The lowest BCUT2D eigenvalue weighted by Crippen LogP contribution is -2.04. The predicted octanol–water partition coefficient (Wildman–Crippen LogP) is 3.60. The van der Waals surface area contributed by atoms with Gasteiger partial charge in [0.1, 0.15) is 5.82 Å². The molecule has 3 heterocycles. The monoisotopic (exact) mass is 342 g/mol. The summed E-state index contributed by atoms with van der Waals surface area (Å²) < 4.78 is 2.15. The van der Waals surface area contributed by atoms with Gasteiger partial charge in [-0.25, -0.2) is 4.98 Å². The summed E-state index contributed by atoms with van der Waals surface area (Å²) in [5.74, 6) is 2.12. The van der Waals surface area contributed by atoms with Crippen LogP contribution in [0.2, 0.25) is 0 Å². The Bertz CT molecular complexity index is 1110. The summed E-state index contributed by atoms with van der Waals surface area (Å²) in [7, 11) is 0. The number of benzene rings is 1. The van der Waals surface area contributed by atoms with E-state index in [1.54, 1.807) is 6.20 Å². The van der Waals surface area contributed by atoms with Crippen LogP contribution in [0.4, 0.5) is 0 Å². The van der Waals surface area contributed by atoms with Crippen molar-refractivity contribution in [1.29, 1.82) is 5.26 Å². The van der Waals surface area contributed by atoms with Gasteiger partial charge in [0.05, 0.1) is 23.3 Å². The Kier molecular flexibility index (Phi) is 3.45. The number of H-pyrrole nitrogens is 1. The third-order valence-corrected chi connectivity index (χ3v) is 5.48. The van der Waals surface area contributed by atoms with Gasteiger partial charge in [-0.2, -0.15) is 5.26 Å². The van der Waals surface area contributed by atoms with Crippen LogP contribution in [0, 0.1) is 17.2 Å². The van der Waals surface area contributed by atoms with E-state index in [9.17, 15) is 0 Å². The van der Waals surface area contributed by atoms with Crippen molar-refractivity contribution >= 4 is 16.8 Å². The standard InChI is InChI=1S/C20H18N6/c21-11-14-3-1-13(2-4-14)9-15-5-6-16(10-15)20-25-24-18-12-23-19-17(26(18)20)7-8-22-19/h1-4,7-8,12,15-16,22H,5-6,9-10H2/t15-,16-/m1/s1. The fourth-order valence-electron chi connectivity index (χ4n) is 4.21. The average Bonchev–Trinajstić information content (AvgIpc) is 3.40. The Hall–Kier alpha value is -3.20. The number of hydrogen-bond acceptors (Lipinski definition) is 4. The minimum atomic E-state index is 0.425. The van der Waals surface area contributed by atoms with Gasteiger partial charge in [-0.3, -0.25) is 4.40 Å². The Morgan fingerprint density at radius 1 is 1.15 bits per heavy atom. The molecule has 2 atom stereocenters. The van der Waals surface area contributed by atoms with Crippen LogP contribution in [0.5, 0.6) is 0 Å². The van der Waals surface area contributed by atoms with Gasteiger partial charge >= 0.3 is 0 Å². The fraction of sp³-hybridized carbons (Fsp3) is 0.300. The third-order valence-electron chi connectivity index (χ3n) is 5.48. The molecule has 0 spiro atoms. The van der Waals surface area contributed by atoms with Gasteiger partial charge in [-0.1, -0.05) is 12.1 Å². The molecule has 0 bridgehead atoms. The van der Waals surface area contributed by atoms with E-state index in [2.05, 4.69) is 42.8 Å². The third kappa shape index (κ3) is 2.44. The second kappa shape index (κ2) is 5.95. The largest absolute Gasteiger partial charge is 0.345 e. The minimum absolute atomic E-state index is 0.425. The lowest BCUT2D eigenvalue weighted by atomic mass is 9.96. The first-order valence-electron chi connectivity index (χ1n) is 8.98. The molecule has 6 nitrogen and oxygen atoms in total. The molecule has 6 heteroatoms. The maximum absolute atomic E-state index is 8.93. The molecule has 5 rings (SSSR count). The average molecular weight is 342 g/mol. The van der Waals surface area contributed by atoms with Gasteiger partial charge in [0, 0.05) is 12.1 Å². The van der Waals surface area contributed by atoms with Crippen molar-refractivity contribution in [2.75, 3.05) is 0 Å². The van der Waals surface area contributed by atoms with Crippen molar-refractivity contribution in [3.8, 4) is 6.07 Å². The van der Waals surface area contributed by atoms with Gasteiger partial charge in [-0.05, 0) is 55.4 Å². The van der Waals surface area contributed by atoms with Crippen LogP contribution >= 0.6 is 0 Å². The van der Waals surface area contributed by atoms with E-state index in [1.807, 2.05) is 24.4 Å². The predicted molar refractivity (Wildman–Crippen MR) is 97.6 cm³/mol. The molecule has 1 aromatic carbocycles. The van der Waals surface area contributed by atoms with Crippen LogP contribution in [0.1, 0.15) is 42.1 Å². The molecule has 4 aromatic rings. The van der Waals surface area contributed by atoms with Crippen molar-refractivity contribution in [3.63, 3.8) is 0 Å². The molecule has 1 N–H and O–H groups in total. The maximum atomic E-state index is 8.93. The number of aromatic nitrogens is 5. The molecule has 128 valence electrons. The highest BCUT2D eigenvalue weighted by Gasteiger charge is 2.29. The Balaban J connectivity index is 1.39. The van der Waals surface area contributed by atoms with E-state index in [0.29, 0.717) is 11.8 Å². The van der Waals surface area contributed by atoms with Gasteiger partial charge < -0.3 is 4.98 Å². The second-order valence-corrected chi connectivity index (χ2v) is 7.11. The molecule has 1 saturated carbocycles. The molecule has 1 aliphatic rings. The number of nitrogens with zero attached hydrogens (tertiary/aromatic N) is 5. The van der Waals surface area contributed by atoms with Crippen molar-refractivity contribution in [1.82, 2.24) is 24.6 Å². The smallest absolute Gasteiger partial charge is 0.179 e. The van der Waals surface area contributed by atoms with E-state index >= 15 is 0 Å². The van der Waals surface area contributed by atoms with Crippen LogP contribution < -0.4 is 0 Å². The van der Waals surface area contributed by atoms with E-state index in [1.165, 1.54) is 12.0 Å². The number of fused-ring (bicyclic) bond motifs is 3. The summed E-state index contributed by atoms with van der Waals surface area (Å²) in [5, 5.41) is 17.7. The Morgan fingerprint density at radius 3 is 2.88 bits per heavy atom. The zero-order chi connectivity index (χ0) is 17.5. The van der Waals surface area contributed by atoms with Crippen molar-refractivity contribution in [2.24, 2.45) is 5.92 Å². The number of nitrogens with one attached hydrogen (secondary N) is 1. The second-order valence-electron chi connectivity index (χ2n) is 7.11. The lowest BCUT2D eigenvalue weighted by molar-refractivity contribution is 0.530. The Labute approximate surface area is 150 Å². The highest BCUT2D eigenvalue weighted by molar-refractivity contribution is 5.74. The van der Waals surface area contributed by atoms with E-state index in [-0.39, 0.29) is 0 Å². The quantitative estimate of drug-likeness (QED) is 0.616. The SMILES string of the molecule is N#Cc1ccc(C[C@H]2CC[C@@H](c3nnc4cnc5[nH]ccc5n34)C2)cc1. The number of nitriles is 1. The van der Waals surface area contributed by atoms with E-state index < -0.39 is 0 Å². The number of hydrogen-bond donors (Lipinski definition) is 1. The van der Waals surface area contributed by atoms with E-state index in [0.717, 1.165) is 47.5 Å². The van der Waals surface area contributed by atoms with Crippen molar-refractivity contribution in [2.45, 2.75) is 31.6 Å². The summed E-state index contributed by atoms with van der Waals surface area (Å²) in [5.41, 5.74) is 4.74. The van der Waals surface area contributed by atoms with Gasteiger partial charge in [-0.15, -0.1) is 10.2 Å². The summed E-state index contributed by atoms with van der Waals surface area (Å²) in [6.45, 7) is 0. The van der Waals surface area contributed by atoms with Crippen molar-refractivity contribution in [3.05, 3.63) is 59.7 Å². The minimum Gasteiger partial charge on any atom is -0.345 e. The lowest BCUT2D eigenvalue weighted by Gasteiger charge is -2.11. The zero-order valence-corrected chi connectivity index (χ0v) is 14.3. The van der Waals surface area contributed by atoms with Gasteiger partial charge in [0.15, 0.2) is 11.3 Å². The van der Waals surface area contributed by atoms with Crippen LogP contribution in [-0.2, 0) is 6.42 Å². The summed E-state index contributed by atoms with van der Waals surface area (Å²) >= 11 is 0. The molecule has 0 unspecified atom stereocenters. The first-order valence-corrected chi connectivity index (χ1v) is 8.98.